The van der Waals surface area contributed by atoms with Crippen LogP contribution in [0.1, 0.15) is 41.3 Å². The molecule has 31 heavy (non-hydrogen) atoms. The smallest absolute Gasteiger partial charge is 0.257 e. The lowest BCUT2D eigenvalue weighted by Gasteiger charge is -2.16. The van der Waals surface area contributed by atoms with Crippen LogP contribution < -0.4 is 5.32 Å². The molecule has 0 spiro atoms. The monoisotopic (exact) mass is 457 g/mol. The lowest BCUT2D eigenvalue weighted by Crippen LogP contribution is -2.28. The Balaban J connectivity index is 1.71. The second kappa shape index (κ2) is 9.72. The largest absolute Gasteiger partial charge is 0.298 e. The minimum Gasteiger partial charge on any atom is -0.298 e. The summed E-state index contributed by atoms with van der Waals surface area (Å²) in [6, 6.07) is 12.1. The first-order valence-electron chi connectivity index (χ1n) is 10.1. The first-order valence-corrected chi connectivity index (χ1v) is 12.4. The van der Waals surface area contributed by atoms with E-state index in [0.717, 1.165) is 29.7 Å². The number of rotatable bonds is 8. The Morgan fingerprint density at radius 2 is 1.84 bits per heavy atom. The highest BCUT2D eigenvalue weighted by Gasteiger charge is 2.20. The third-order valence-electron chi connectivity index (χ3n) is 5.03. The third-order valence-corrected chi connectivity index (χ3v) is 7.66. The highest BCUT2D eigenvalue weighted by molar-refractivity contribution is 7.89. The number of aryl methyl sites for hydroxylation is 2. The van der Waals surface area contributed by atoms with Crippen LogP contribution in [0, 0.1) is 13.8 Å². The van der Waals surface area contributed by atoms with Gasteiger partial charge in [-0.1, -0.05) is 37.1 Å². The van der Waals surface area contributed by atoms with Crippen LogP contribution in [0.2, 0.25) is 0 Å². The highest BCUT2D eigenvalue weighted by atomic mass is 32.2. The van der Waals surface area contributed by atoms with Crippen LogP contribution >= 0.6 is 11.3 Å². The van der Waals surface area contributed by atoms with Gasteiger partial charge in [-0.25, -0.2) is 17.7 Å². The Labute approximate surface area is 188 Å². The van der Waals surface area contributed by atoms with Crippen LogP contribution in [-0.4, -0.2) is 37.2 Å². The highest BCUT2D eigenvalue weighted by Crippen LogP contribution is 2.28. The van der Waals surface area contributed by atoms with E-state index < -0.39 is 10.0 Å². The number of sulfonamides is 1. The molecule has 1 N–H and O–H groups in total. The van der Waals surface area contributed by atoms with Gasteiger partial charge in [0.2, 0.25) is 10.0 Å². The molecule has 8 heteroatoms. The number of hydrogen-bond donors (Lipinski definition) is 1. The Bertz CT molecular complexity index is 1170. The number of amides is 1. The fraction of sp³-hybridized carbons (Fsp3) is 0.304. The molecule has 2 aromatic carbocycles. The molecule has 0 aliphatic heterocycles. The van der Waals surface area contributed by atoms with E-state index in [-0.39, 0.29) is 10.8 Å². The summed E-state index contributed by atoms with van der Waals surface area (Å²) in [5, 5.41) is 5.20. The zero-order chi connectivity index (χ0) is 22.6. The number of benzene rings is 2. The molecule has 6 nitrogen and oxygen atoms in total. The normalized spacial score (nSPS) is 11.6. The van der Waals surface area contributed by atoms with E-state index in [4.69, 9.17) is 0 Å². The molecule has 0 bridgehead atoms. The van der Waals surface area contributed by atoms with Gasteiger partial charge >= 0.3 is 0 Å². The number of unbranched alkanes of at least 4 members (excludes halogenated alkanes) is 1. The molecule has 0 unspecified atom stereocenters. The van der Waals surface area contributed by atoms with Crippen LogP contribution in [0.3, 0.4) is 0 Å². The maximum atomic E-state index is 12.6. The van der Waals surface area contributed by atoms with Crippen molar-refractivity contribution in [3.8, 4) is 11.3 Å². The molecule has 0 aliphatic rings. The van der Waals surface area contributed by atoms with Gasteiger partial charge < -0.3 is 0 Å². The molecule has 3 rings (SSSR count). The van der Waals surface area contributed by atoms with Gasteiger partial charge in [-0.3, -0.25) is 10.1 Å². The van der Waals surface area contributed by atoms with E-state index in [2.05, 4.69) is 16.4 Å². The third kappa shape index (κ3) is 5.39. The van der Waals surface area contributed by atoms with Crippen molar-refractivity contribution >= 4 is 32.4 Å². The number of hydrogen-bond acceptors (Lipinski definition) is 5. The standard InChI is InChI=1S/C23H27N3O3S2/c1-5-6-13-26(4)31(28,29)19-10-8-18(9-11-19)22(27)25-23-24-21(15-30-23)20-12-7-16(2)14-17(20)3/h7-12,14-15H,5-6,13H2,1-4H3,(H,24,25,27). The first kappa shape index (κ1) is 23.1. The summed E-state index contributed by atoms with van der Waals surface area (Å²) in [7, 11) is -1.98. The van der Waals surface area contributed by atoms with Crippen molar-refractivity contribution in [1.82, 2.24) is 9.29 Å². The quantitative estimate of drug-likeness (QED) is 0.510. The van der Waals surface area contributed by atoms with Gasteiger partial charge in [0.25, 0.3) is 5.91 Å². The minimum atomic E-state index is -3.56. The zero-order valence-electron chi connectivity index (χ0n) is 18.2. The summed E-state index contributed by atoms with van der Waals surface area (Å²) in [6.07, 6.45) is 1.72. The van der Waals surface area contributed by atoms with Crippen LogP contribution in [-0.2, 0) is 10.0 Å². The number of aromatic nitrogens is 1. The molecule has 164 valence electrons. The zero-order valence-corrected chi connectivity index (χ0v) is 19.8. The van der Waals surface area contributed by atoms with Crippen molar-refractivity contribution in [1.29, 1.82) is 0 Å². The fourth-order valence-electron chi connectivity index (χ4n) is 3.18. The summed E-state index contributed by atoms with van der Waals surface area (Å²) in [5.74, 6) is -0.329. The lowest BCUT2D eigenvalue weighted by molar-refractivity contribution is 0.102. The molecular formula is C23H27N3O3S2. The van der Waals surface area contributed by atoms with Crippen molar-refractivity contribution in [3.63, 3.8) is 0 Å². The van der Waals surface area contributed by atoms with Gasteiger partial charge in [0.15, 0.2) is 5.13 Å². The Hall–Kier alpha value is -2.55. The van der Waals surface area contributed by atoms with E-state index in [1.165, 1.54) is 45.5 Å². The number of nitrogens with one attached hydrogen (secondary N) is 1. The van der Waals surface area contributed by atoms with Gasteiger partial charge in [-0.2, -0.15) is 0 Å². The van der Waals surface area contributed by atoms with E-state index in [0.29, 0.717) is 17.2 Å². The second-order valence-electron chi connectivity index (χ2n) is 7.51. The van der Waals surface area contributed by atoms with Gasteiger partial charge in [-0.05, 0) is 50.1 Å². The Morgan fingerprint density at radius 3 is 2.48 bits per heavy atom. The molecule has 3 aromatic rings. The summed E-state index contributed by atoms with van der Waals surface area (Å²) in [5.41, 5.74) is 4.53. The molecule has 0 atom stereocenters. The number of nitrogens with zero attached hydrogens (tertiary/aromatic N) is 2. The van der Waals surface area contributed by atoms with Gasteiger partial charge in [0.05, 0.1) is 10.6 Å². The van der Waals surface area contributed by atoms with Crippen molar-refractivity contribution in [2.24, 2.45) is 0 Å². The lowest BCUT2D eigenvalue weighted by atomic mass is 10.0. The maximum Gasteiger partial charge on any atom is 0.257 e. The Morgan fingerprint density at radius 1 is 1.13 bits per heavy atom. The minimum absolute atomic E-state index is 0.175. The average molecular weight is 458 g/mol. The summed E-state index contributed by atoms with van der Waals surface area (Å²) in [4.78, 5) is 17.3. The second-order valence-corrected chi connectivity index (χ2v) is 10.4. The topological polar surface area (TPSA) is 79.4 Å². The van der Waals surface area contributed by atoms with E-state index in [9.17, 15) is 13.2 Å². The summed E-state index contributed by atoms with van der Waals surface area (Å²) >= 11 is 1.35. The Kier molecular flexibility index (Phi) is 7.25. The SMILES string of the molecule is CCCCN(C)S(=O)(=O)c1ccc(C(=O)Nc2nc(-c3ccc(C)cc3C)cs2)cc1. The molecule has 0 fully saturated rings. The molecule has 0 saturated carbocycles. The molecule has 0 aliphatic carbocycles. The van der Waals surface area contributed by atoms with Crippen LogP contribution in [0.5, 0.6) is 0 Å². The van der Waals surface area contributed by atoms with Gasteiger partial charge in [0.1, 0.15) is 0 Å². The number of thiazole rings is 1. The maximum absolute atomic E-state index is 12.6. The molecule has 1 aromatic heterocycles. The number of carbonyl (C=O) groups is 1. The summed E-state index contributed by atoms with van der Waals surface area (Å²) < 4.78 is 26.6. The molecule has 1 heterocycles. The predicted octanol–water partition coefficient (Wildman–Crippen LogP) is 5.10. The van der Waals surface area contributed by atoms with E-state index in [1.54, 1.807) is 7.05 Å². The van der Waals surface area contributed by atoms with Gasteiger partial charge in [0, 0.05) is 30.1 Å². The van der Waals surface area contributed by atoms with Crippen molar-refractivity contribution in [2.75, 3.05) is 18.9 Å². The fourth-order valence-corrected chi connectivity index (χ4v) is 5.10. The van der Waals surface area contributed by atoms with E-state index >= 15 is 0 Å². The van der Waals surface area contributed by atoms with Crippen LogP contribution in [0.25, 0.3) is 11.3 Å². The predicted molar refractivity (Wildman–Crippen MR) is 126 cm³/mol. The number of carbonyl (C=O) groups excluding carboxylic acids is 1. The molecule has 0 saturated heterocycles. The van der Waals surface area contributed by atoms with Crippen LogP contribution in [0.4, 0.5) is 5.13 Å². The molecule has 0 radical (unpaired) electrons. The van der Waals surface area contributed by atoms with E-state index in [1.807, 2.05) is 38.3 Å². The van der Waals surface area contributed by atoms with Gasteiger partial charge in [-0.15, -0.1) is 11.3 Å². The molecule has 1 amide bonds. The van der Waals surface area contributed by atoms with Crippen LogP contribution in [0.15, 0.2) is 52.7 Å². The summed E-state index contributed by atoms with van der Waals surface area (Å²) in [6.45, 7) is 6.56. The first-order chi connectivity index (χ1) is 14.7. The van der Waals surface area contributed by atoms with Crippen molar-refractivity contribution in [2.45, 2.75) is 38.5 Å². The number of anilines is 1. The van der Waals surface area contributed by atoms with Crippen molar-refractivity contribution < 1.29 is 13.2 Å². The molecular weight excluding hydrogens is 430 g/mol. The van der Waals surface area contributed by atoms with Crippen molar-refractivity contribution in [3.05, 3.63) is 64.5 Å². The average Bonchev–Trinajstić information content (AvgIpc) is 3.20.